The number of imidazole rings is 1. The highest BCUT2D eigenvalue weighted by Crippen LogP contribution is 2.18. The quantitative estimate of drug-likeness (QED) is 0.747. The molecule has 1 aromatic carbocycles. The van der Waals surface area contributed by atoms with Gasteiger partial charge in [-0.15, -0.1) is 0 Å². The first-order chi connectivity index (χ1) is 7.18. The predicted octanol–water partition coefficient (Wildman–Crippen LogP) is 1.81. The van der Waals surface area contributed by atoms with Crippen LogP contribution >= 0.6 is 11.6 Å². The van der Waals surface area contributed by atoms with E-state index in [0.29, 0.717) is 16.3 Å². The van der Waals surface area contributed by atoms with E-state index < -0.39 is 0 Å². The Morgan fingerprint density at radius 3 is 2.87 bits per heavy atom. The van der Waals surface area contributed by atoms with E-state index in [9.17, 15) is 4.79 Å². The van der Waals surface area contributed by atoms with Gasteiger partial charge >= 0.3 is 0 Å². The van der Waals surface area contributed by atoms with Gasteiger partial charge in [-0.05, 0) is 18.2 Å². The van der Waals surface area contributed by atoms with Gasteiger partial charge in [0.1, 0.15) is 6.33 Å². The first-order valence-electron chi connectivity index (χ1n) is 4.26. The molecular weight excluding hydrogens is 214 g/mol. The average molecular weight is 222 g/mol. The number of aromatic nitrogens is 2. The zero-order chi connectivity index (χ0) is 10.8. The first kappa shape index (κ1) is 9.73. The molecule has 0 fully saturated rings. The number of anilines is 1. The van der Waals surface area contributed by atoms with Crippen molar-refractivity contribution in [2.45, 2.75) is 0 Å². The average Bonchev–Trinajstić information content (AvgIpc) is 2.69. The summed E-state index contributed by atoms with van der Waals surface area (Å²) in [6.07, 6.45) is 4.52. The zero-order valence-corrected chi connectivity index (χ0v) is 8.48. The van der Waals surface area contributed by atoms with Crippen LogP contribution in [0, 0.1) is 0 Å². The van der Waals surface area contributed by atoms with Crippen LogP contribution in [0.2, 0.25) is 5.02 Å². The maximum Gasteiger partial charge on any atom is 0.265 e. The molecule has 4 nitrogen and oxygen atoms in total. The third kappa shape index (κ3) is 1.85. The van der Waals surface area contributed by atoms with Gasteiger partial charge in [0.2, 0.25) is 0 Å². The molecule has 15 heavy (non-hydrogen) atoms. The van der Waals surface area contributed by atoms with Crippen molar-refractivity contribution in [1.82, 2.24) is 9.55 Å². The second-order valence-corrected chi connectivity index (χ2v) is 3.44. The summed E-state index contributed by atoms with van der Waals surface area (Å²) in [5.41, 5.74) is 6.47. The Bertz CT molecular complexity index is 493. The van der Waals surface area contributed by atoms with Crippen LogP contribution in [-0.4, -0.2) is 15.5 Å². The number of carbonyl (C=O) groups excluding carboxylic acids is 1. The molecule has 0 amide bonds. The van der Waals surface area contributed by atoms with E-state index in [2.05, 4.69) is 4.98 Å². The molecule has 2 N–H and O–H groups in total. The summed E-state index contributed by atoms with van der Waals surface area (Å²) in [4.78, 5) is 15.6. The summed E-state index contributed by atoms with van der Waals surface area (Å²) in [6.45, 7) is 0. The van der Waals surface area contributed by atoms with E-state index in [1.807, 2.05) is 0 Å². The highest BCUT2D eigenvalue weighted by Gasteiger charge is 2.11. The highest BCUT2D eigenvalue weighted by molar-refractivity contribution is 6.31. The molecule has 0 spiro atoms. The molecule has 2 rings (SSSR count). The molecule has 5 heteroatoms. The van der Waals surface area contributed by atoms with Crippen LogP contribution in [0.25, 0.3) is 0 Å². The molecule has 0 unspecified atom stereocenters. The number of hydrogen-bond donors (Lipinski definition) is 1. The second-order valence-electron chi connectivity index (χ2n) is 3.01. The Kier molecular flexibility index (Phi) is 2.43. The monoisotopic (exact) mass is 221 g/mol. The van der Waals surface area contributed by atoms with Crippen molar-refractivity contribution in [3.8, 4) is 0 Å². The number of nitrogen functional groups attached to an aromatic ring is 1. The smallest absolute Gasteiger partial charge is 0.265 e. The van der Waals surface area contributed by atoms with E-state index in [0.717, 1.165) is 0 Å². The van der Waals surface area contributed by atoms with Crippen LogP contribution in [0.3, 0.4) is 0 Å². The summed E-state index contributed by atoms with van der Waals surface area (Å²) < 4.78 is 1.36. The van der Waals surface area contributed by atoms with Crippen molar-refractivity contribution in [3.63, 3.8) is 0 Å². The maximum atomic E-state index is 11.8. The normalized spacial score (nSPS) is 10.2. The number of benzene rings is 1. The van der Waals surface area contributed by atoms with Gasteiger partial charge in [-0.3, -0.25) is 9.36 Å². The van der Waals surface area contributed by atoms with Crippen LogP contribution in [0.4, 0.5) is 5.69 Å². The molecule has 0 bridgehead atoms. The minimum absolute atomic E-state index is 0.221. The lowest BCUT2D eigenvalue weighted by molar-refractivity contribution is 0.0960. The van der Waals surface area contributed by atoms with Gasteiger partial charge in [0.25, 0.3) is 5.91 Å². The third-order valence-electron chi connectivity index (χ3n) is 1.98. The van der Waals surface area contributed by atoms with E-state index in [1.165, 1.54) is 17.1 Å². The lowest BCUT2D eigenvalue weighted by Gasteiger charge is -2.04. The molecule has 0 atom stereocenters. The zero-order valence-electron chi connectivity index (χ0n) is 7.72. The number of carbonyl (C=O) groups is 1. The van der Waals surface area contributed by atoms with Crippen molar-refractivity contribution in [2.75, 3.05) is 5.73 Å². The van der Waals surface area contributed by atoms with Crippen LogP contribution < -0.4 is 5.73 Å². The molecule has 0 radical (unpaired) electrons. The van der Waals surface area contributed by atoms with Crippen LogP contribution in [0.1, 0.15) is 10.4 Å². The lowest BCUT2D eigenvalue weighted by Crippen LogP contribution is -2.12. The van der Waals surface area contributed by atoms with Gasteiger partial charge in [-0.1, -0.05) is 11.6 Å². The minimum atomic E-state index is -0.221. The molecule has 0 aliphatic rings. The number of nitrogens with zero attached hydrogens (tertiary/aromatic N) is 2. The largest absolute Gasteiger partial charge is 0.398 e. The van der Waals surface area contributed by atoms with Gasteiger partial charge in [0.15, 0.2) is 0 Å². The van der Waals surface area contributed by atoms with Crippen molar-refractivity contribution < 1.29 is 4.79 Å². The van der Waals surface area contributed by atoms with E-state index in [4.69, 9.17) is 17.3 Å². The SMILES string of the molecule is Nc1cc(Cl)ccc1C(=O)n1ccnc1. The molecule has 1 heterocycles. The Hall–Kier alpha value is -1.81. The molecule has 76 valence electrons. The van der Waals surface area contributed by atoms with E-state index in [-0.39, 0.29) is 5.91 Å². The molecule has 2 aromatic rings. The van der Waals surface area contributed by atoms with Gasteiger partial charge in [-0.25, -0.2) is 4.98 Å². The Morgan fingerprint density at radius 2 is 2.27 bits per heavy atom. The number of nitrogens with two attached hydrogens (primary N) is 1. The van der Waals surface area contributed by atoms with Gasteiger partial charge in [0.05, 0.1) is 5.56 Å². The summed E-state index contributed by atoms with van der Waals surface area (Å²) in [7, 11) is 0. The molecule has 0 aliphatic carbocycles. The van der Waals surface area contributed by atoms with E-state index in [1.54, 1.807) is 24.4 Å². The fourth-order valence-corrected chi connectivity index (χ4v) is 1.43. The van der Waals surface area contributed by atoms with Crippen LogP contribution in [0.15, 0.2) is 36.9 Å². The molecule has 0 saturated heterocycles. The van der Waals surface area contributed by atoms with Gasteiger partial charge in [-0.2, -0.15) is 0 Å². The van der Waals surface area contributed by atoms with Crippen molar-refractivity contribution in [2.24, 2.45) is 0 Å². The summed E-state index contributed by atoms with van der Waals surface area (Å²) in [6, 6.07) is 4.77. The van der Waals surface area contributed by atoms with Crippen LogP contribution in [-0.2, 0) is 0 Å². The molecule has 0 aliphatic heterocycles. The maximum absolute atomic E-state index is 11.8. The Balaban J connectivity index is 2.42. The van der Waals surface area contributed by atoms with Gasteiger partial charge in [0, 0.05) is 23.1 Å². The number of rotatable bonds is 1. The molecule has 0 saturated carbocycles. The Labute approximate surface area is 91.3 Å². The first-order valence-corrected chi connectivity index (χ1v) is 4.64. The second kappa shape index (κ2) is 3.74. The summed E-state index contributed by atoms with van der Waals surface area (Å²) in [5, 5.41) is 0.509. The number of halogens is 1. The van der Waals surface area contributed by atoms with Crippen molar-refractivity contribution in [3.05, 3.63) is 47.5 Å². The lowest BCUT2D eigenvalue weighted by atomic mass is 10.1. The van der Waals surface area contributed by atoms with Gasteiger partial charge < -0.3 is 5.73 Å². The van der Waals surface area contributed by atoms with Crippen molar-refractivity contribution >= 4 is 23.2 Å². The summed E-state index contributed by atoms with van der Waals surface area (Å²) >= 11 is 5.74. The third-order valence-corrected chi connectivity index (χ3v) is 2.22. The fourth-order valence-electron chi connectivity index (χ4n) is 1.25. The number of hydrogen-bond acceptors (Lipinski definition) is 3. The topological polar surface area (TPSA) is 60.9 Å². The Morgan fingerprint density at radius 1 is 1.47 bits per heavy atom. The van der Waals surface area contributed by atoms with Crippen LogP contribution in [0.5, 0.6) is 0 Å². The standard InChI is InChI=1S/C10H8ClN3O/c11-7-1-2-8(9(12)5-7)10(15)14-4-3-13-6-14/h1-6H,12H2. The highest BCUT2D eigenvalue weighted by atomic mass is 35.5. The minimum Gasteiger partial charge on any atom is -0.398 e. The van der Waals surface area contributed by atoms with Crippen molar-refractivity contribution in [1.29, 1.82) is 0 Å². The molecular formula is C10H8ClN3O. The summed E-state index contributed by atoms with van der Waals surface area (Å²) in [5.74, 6) is -0.221. The predicted molar refractivity (Wildman–Crippen MR) is 57.8 cm³/mol. The molecule has 1 aromatic heterocycles. The van der Waals surface area contributed by atoms with E-state index >= 15 is 0 Å². The fraction of sp³-hybridized carbons (Fsp3) is 0.